The number of nitrogens with zero attached hydrogens (tertiary/aromatic N) is 1. The number of aliphatic hydroxyl groups is 2. The summed E-state index contributed by atoms with van der Waals surface area (Å²) in [5, 5.41) is 23.8. The zero-order valence-electron chi connectivity index (χ0n) is 18.2. The summed E-state index contributed by atoms with van der Waals surface area (Å²) in [4.78, 5) is 14.8. The molecule has 0 radical (unpaired) electrons. The van der Waals surface area contributed by atoms with Crippen molar-refractivity contribution in [2.24, 2.45) is 0 Å². The zero-order chi connectivity index (χ0) is 21.3. The van der Waals surface area contributed by atoms with Crippen LogP contribution in [0.25, 0.3) is 0 Å². The maximum atomic E-state index is 12.5. The Balaban J connectivity index is 1.89. The third kappa shape index (κ3) is 8.72. The van der Waals surface area contributed by atoms with E-state index in [9.17, 15) is 15.0 Å². The van der Waals surface area contributed by atoms with Crippen LogP contribution in [0, 0.1) is 0 Å². The van der Waals surface area contributed by atoms with Gasteiger partial charge in [0, 0.05) is 13.0 Å². The van der Waals surface area contributed by atoms with E-state index in [1.807, 2.05) is 38.1 Å². The van der Waals surface area contributed by atoms with Gasteiger partial charge in [0.25, 0.3) is 0 Å². The van der Waals surface area contributed by atoms with Gasteiger partial charge in [-0.15, -0.1) is 0 Å². The fraction of sp³-hybridized carbons (Fsp3) is 0.696. The molecule has 0 aromatic heterocycles. The van der Waals surface area contributed by atoms with E-state index in [4.69, 9.17) is 4.74 Å². The minimum atomic E-state index is -0.763. The molecular formula is C23H38N2O4. The average Bonchev–Trinajstić information content (AvgIpc) is 3.19. The summed E-state index contributed by atoms with van der Waals surface area (Å²) >= 11 is 0. The van der Waals surface area contributed by atoms with Crippen LogP contribution in [0.15, 0.2) is 24.3 Å². The second-order valence-corrected chi connectivity index (χ2v) is 8.77. The van der Waals surface area contributed by atoms with Crippen LogP contribution in [0.4, 0.5) is 0 Å². The van der Waals surface area contributed by atoms with Gasteiger partial charge in [-0.2, -0.15) is 0 Å². The first-order chi connectivity index (χ1) is 13.8. The summed E-state index contributed by atoms with van der Waals surface area (Å²) in [6.45, 7) is 6.29. The van der Waals surface area contributed by atoms with E-state index < -0.39 is 11.7 Å². The molecule has 1 aliphatic heterocycles. The molecule has 1 fully saturated rings. The SMILES string of the molecule is COc1ccc([C@@H](O)[C@@H](CN2CCCC2)NC(=O)CCCCCC(C)(C)O)cc1. The molecule has 1 aromatic carbocycles. The first-order valence-corrected chi connectivity index (χ1v) is 10.8. The minimum Gasteiger partial charge on any atom is -0.497 e. The van der Waals surface area contributed by atoms with Crippen LogP contribution in [0.5, 0.6) is 5.75 Å². The van der Waals surface area contributed by atoms with Crippen LogP contribution in [0.1, 0.15) is 70.5 Å². The first-order valence-electron chi connectivity index (χ1n) is 10.8. The van der Waals surface area contributed by atoms with Crippen molar-refractivity contribution in [1.29, 1.82) is 0 Å². The number of nitrogens with one attached hydrogen (secondary N) is 1. The second-order valence-electron chi connectivity index (χ2n) is 8.77. The summed E-state index contributed by atoms with van der Waals surface area (Å²) < 4.78 is 5.19. The maximum absolute atomic E-state index is 12.5. The van der Waals surface area contributed by atoms with Gasteiger partial charge in [0.05, 0.1) is 18.8 Å². The van der Waals surface area contributed by atoms with Crippen LogP contribution in [-0.2, 0) is 4.79 Å². The number of methoxy groups -OCH3 is 1. The largest absolute Gasteiger partial charge is 0.497 e. The predicted octanol–water partition coefficient (Wildman–Crippen LogP) is 3.03. The van der Waals surface area contributed by atoms with Gasteiger partial charge in [-0.3, -0.25) is 4.79 Å². The third-order valence-corrected chi connectivity index (χ3v) is 5.53. The number of benzene rings is 1. The van der Waals surface area contributed by atoms with Gasteiger partial charge in [0.1, 0.15) is 11.9 Å². The lowest BCUT2D eigenvalue weighted by molar-refractivity contribution is -0.123. The lowest BCUT2D eigenvalue weighted by Gasteiger charge is -2.29. The van der Waals surface area contributed by atoms with Crippen LogP contribution < -0.4 is 10.1 Å². The molecule has 3 N–H and O–H groups in total. The number of carbonyl (C=O) groups excluding carboxylic acids is 1. The fourth-order valence-electron chi connectivity index (χ4n) is 3.80. The molecule has 2 atom stereocenters. The van der Waals surface area contributed by atoms with Gasteiger partial charge in [0.15, 0.2) is 0 Å². The predicted molar refractivity (Wildman–Crippen MR) is 115 cm³/mol. The molecule has 0 unspecified atom stereocenters. The number of ether oxygens (including phenoxy) is 1. The molecule has 1 aromatic rings. The van der Waals surface area contributed by atoms with Crippen molar-refractivity contribution >= 4 is 5.91 Å². The normalized spacial score (nSPS) is 17.1. The van der Waals surface area contributed by atoms with Crippen molar-refractivity contribution in [2.75, 3.05) is 26.7 Å². The minimum absolute atomic E-state index is 0.0231. The quantitative estimate of drug-likeness (QED) is 0.465. The Hall–Kier alpha value is -1.63. The number of rotatable bonds is 12. The monoisotopic (exact) mass is 406 g/mol. The smallest absolute Gasteiger partial charge is 0.220 e. The van der Waals surface area contributed by atoms with Gasteiger partial charge in [-0.25, -0.2) is 0 Å². The molecule has 1 amide bonds. The highest BCUT2D eigenvalue weighted by molar-refractivity contribution is 5.76. The summed E-state index contributed by atoms with van der Waals surface area (Å²) in [5.41, 5.74) is 0.131. The van der Waals surface area contributed by atoms with Gasteiger partial charge < -0.3 is 25.2 Å². The van der Waals surface area contributed by atoms with Crippen molar-refractivity contribution in [3.63, 3.8) is 0 Å². The zero-order valence-corrected chi connectivity index (χ0v) is 18.2. The van der Waals surface area contributed by atoms with Crippen molar-refractivity contribution < 1.29 is 19.7 Å². The molecule has 0 spiro atoms. The first kappa shape index (κ1) is 23.6. The number of hydrogen-bond acceptors (Lipinski definition) is 5. The molecule has 0 aliphatic carbocycles. The Bertz CT molecular complexity index is 606. The Kier molecular flexibility index (Phi) is 9.40. The fourth-order valence-corrected chi connectivity index (χ4v) is 3.80. The molecule has 2 rings (SSSR count). The van der Waals surface area contributed by atoms with Gasteiger partial charge >= 0.3 is 0 Å². The summed E-state index contributed by atoms with van der Waals surface area (Å²) in [6, 6.07) is 7.02. The highest BCUT2D eigenvalue weighted by Gasteiger charge is 2.26. The molecule has 6 nitrogen and oxygen atoms in total. The summed E-state index contributed by atoms with van der Waals surface area (Å²) in [5.74, 6) is 0.720. The molecule has 0 saturated carbocycles. The van der Waals surface area contributed by atoms with E-state index in [2.05, 4.69) is 10.2 Å². The van der Waals surface area contributed by atoms with Gasteiger partial charge in [-0.1, -0.05) is 25.0 Å². The number of hydrogen-bond donors (Lipinski definition) is 3. The van der Waals surface area contributed by atoms with Crippen LogP contribution in [0.3, 0.4) is 0 Å². The second kappa shape index (κ2) is 11.5. The van der Waals surface area contributed by atoms with Crippen molar-refractivity contribution in [3.8, 4) is 5.75 Å². The van der Waals surface area contributed by atoms with E-state index in [0.29, 0.717) is 13.0 Å². The summed E-state index contributed by atoms with van der Waals surface area (Å²) in [6.07, 6.45) is 5.36. The van der Waals surface area contributed by atoms with Crippen LogP contribution in [0.2, 0.25) is 0 Å². The standard InChI is InChI=1S/C23H38N2O4/c1-23(2,28)14-6-4-5-9-21(26)24-20(17-25-15-7-8-16-25)22(27)18-10-12-19(29-3)13-11-18/h10-13,20,22,27-28H,4-9,14-17H2,1-3H3,(H,24,26)/t20-,22-/m1/s1. The highest BCUT2D eigenvalue weighted by atomic mass is 16.5. The molecule has 29 heavy (non-hydrogen) atoms. The lowest BCUT2D eigenvalue weighted by Crippen LogP contribution is -2.46. The Labute approximate surface area is 175 Å². The number of likely N-dealkylation sites (tertiary alicyclic amines) is 1. The van der Waals surface area contributed by atoms with E-state index in [0.717, 1.165) is 50.1 Å². The van der Waals surface area contributed by atoms with E-state index >= 15 is 0 Å². The number of aliphatic hydroxyl groups excluding tert-OH is 1. The van der Waals surface area contributed by atoms with E-state index in [-0.39, 0.29) is 11.9 Å². The van der Waals surface area contributed by atoms with E-state index in [1.54, 1.807) is 7.11 Å². The van der Waals surface area contributed by atoms with Gasteiger partial charge in [0.2, 0.25) is 5.91 Å². The average molecular weight is 407 g/mol. The van der Waals surface area contributed by atoms with Gasteiger partial charge in [-0.05, 0) is 70.3 Å². The van der Waals surface area contributed by atoms with Crippen LogP contribution in [-0.4, -0.2) is 59.4 Å². The molecule has 164 valence electrons. The lowest BCUT2D eigenvalue weighted by atomic mass is 9.99. The topological polar surface area (TPSA) is 82.0 Å². The molecule has 1 aliphatic rings. The van der Waals surface area contributed by atoms with Crippen molar-refractivity contribution in [3.05, 3.63) is 29.8 Å². The Morgan fingerprint density at radius 3 is 2.41 bits per heavy atom. The number of unbranched alkanes of at least 4 members (excludes halogenated alkanes) is 2. The van der Waals surface area contributed by atoms with Crippen molar-refractivity contribution in [1.82, 2.24) is 10.2 Å². The number of carbonyl (C=O) groups is 1. The molecule has 6 heteroatoms. The maximum Gasteiger partial charge on any atom is 0.220 e. The summed E-state index contributed by atoms with van der Waals surface area (Å²) in [7, 11) is 1.61. The molecule has 0 bridgehead atoms. The van der Waals surface area contributed by atoms with Crippen LogP contribution >= 0.6 is 0 Å². The molecule has 1 heterocycles. The highest BCUT2D eigenvalue weighted by Crippen LogP contribution is 2.22. The molecular weight excluding hydrogens is 368 g/mol. The molecule has 1 saturated heterocycles. The van der Waals surface area contributed by atoms with E-state index in [1.165, 1.54) is 12.8 Å². The Morgan fingerprint density at radius 2 is 1.83 bits per heavy atom. The number of amides is 1. The Morgan fingerprint density at radius 1 is 1.17 bits per heavy atom. The third-order valence-electron chi connectivity index (χ3n) is 5.53. The van der Waals surface area contributed by atoms with Crippen molar-refractivity contribution in [2.45, 2.75) is 76.5 Å².